The highest BCUT2D eigenvalue weighted by Gasteiger charge is 2.20. The first kappa shape index (κ1) is 15.1. The van der Waals surface area contributed by atoms with Gasteiger partial charge in [0, 0.05) is 5.39 Å². The fourth-order valence-corrected chi connectivity index (χ4v) is 2.76. The highest BCUT2D eigenvalue weighted by molar-refractivity contribution is 6.11. The summed E-state index contributed by atoms with van der Waals surface area (Å²) in [5, 5.41) is 1.88. The molecule has 0 atom stereocenters. The summed E-state index contributed by atoms with van der Waals surface area (Å²) in [5.74, 6) is -0.383. The normalized spacial score (nSPS) is 10.7. The molecule has 3 aromatic rings. The van der Waals surface area contributed by atoms with E-state index in [-0.39, 0.29) is 5.97 Å². The fraction of sp³-hybridized carbons (Fsp3) is 0.150. The molecule has 0 saturated carbocycles. The van der Waals surface area contributed by atoms with Crippen LogP contribution in [0.3, 0.4) is 0 Å². The average Bonchev–Trinajstić information content (AvgIpc) is 2.55. The largest absolute Gasteiger partial charge is 0.462 e. The molecular weight excluding hydrogens is 286 g/mol. The van der Waals surface area contributed by atoms with Crippen molar-refractivity contribution in [3.05, 3.63) is 65.7 Å². The van der Waals surface area contributed by atoms with Gasteiger partial charge in [-0.05, 0) is 36.4 Å². The predicted molar refractivity (Wildman–Crippen MR) is 94.5 cm³/mol. The van der Waals surface area contributed by atoms with Crippen molar-refractivity contribution in [3.63, 3.8) is 0 Å². The molecule has 0 radical (unpaired) electrons. The number of nitrogens with two attached hydrogens (primary N) is 1. The van der Waals surface area contributed by atoms with Crippen LogP contribution in [0, 0.1) is 6.92 Å². The number of rotatable bonds is 3. The van der Waals surface area contributed by atoms with Gasteiger partial charge in [-0.3, -0.25) is 0 Å². The van der Waals surface area contributed by atoms with Crippen LogP contribution in [0.4, 0.5) is 5.69 Å². The maximum atomic E-state index is 12.5. The van der Waals surface area contributed by atoms with Crippen molar-refractivity contribution in [3.8, 4) is 11.1 Å². The minimum Gasteiger partial charge on any atom is -0.462 e. The number of hydrogen-bond donors (Lipinski definition) is 1. The van der Waals surface area contributed by atoms with Crippen LogP contribution in [0.2, 0.25) is 0 Å². The Hall–Kier alpha value is -2.81. The summed E-state index contributed by atoms with van der Waals surface area (Å²) in [6.45, 7) is 4.14. The Kier molecular flexibility index (Phi) is 4.02. The monoisotopic (exact) mass is 305 g/mol. The summed E-state index contributed by atoms with van der Waals surface area (Å²) in [4.78, 5) is 12.5. The Morgan fingerprint density at radius 1 is 1.09 bits per heavy atom. The number of carbonyl (C=O) groups is 1. The van der Waals surface area contributed by atoms with Crippen LogP contribution in [-0.4, -0.2) is 12.6 Å². The van der Waals surface area contributed by atoms with Gasteiger partial charge in [0.25, 0.3) is 0 Å². The third kappa shape index (κ3) is 2.78. The molecule has 3 rings (SSSR count). The second-order valence-corrected chi connectivity index (χ2v) is 5.52. The summed E-state index contributed by atoms with van der Waals surface area (Å²) in [7, 11) is 0. The van der Waals surface area contributed by atoms with Gasteiger partial charge in [-0.2, -0.15) is 0 Å². The number of anilines is 1. The topological polar surface area (TPSA) is 52.3 Å². The number of fused-ring (bicyclic) bond motifs is 1. The molecule has 116 valence electrons. The van der Waals surface area contributed by atoms with Crippen LogP contribution in [0.15, 0.2) is 54.6 Å². The van der Waals surface area contributed by atoms with Crippen molar-refractivity contribution >= 4 is 22.4 Å². The zero-order chi connectivity index (χ0) is 16.4. The third-order valence-corrected chi connectivity index (χ3v) is 3.93. The van der Waals surface area contributed by atoms with Crippen LogP contribution < -0.4 is 5.73 Å². The van der Waals surface area contributed by atoms with Gasteiger partial charge in [0.05, 0.1) is 17.9 Å². The maximum Gasteiger partial charge on any atom is 0.340 e. The van der Waals surface area contributed by atoms with E-state index in [4.69, 9.17) is 10.5 Å². The van der Waals surface area contributed by atoms with E-state index in [0.717, 1.165) is 21.9 Å². The van der Waals surface area contributed by atoms with Crippen molar-refractivity contribution in [2.45, 2.75) is 13.8 Å². The van der Waals surface area contributed by atoms with Gasteiger partial charge in [0.1, 0.15) is 0 Å². The standard InChI is InChI=1S/C20H19NO2/c1-3-23-20(22)18-17(14-10-8-13(2)9-11-14)12-15-6-4-5-7-16(15)19(18)21/h4-12H,3,21H2,1-2H3. The molecule has 3 heteroatoms. The van der Waals surface area contributed by atoms with Crippen molar-refractivity contribution in [1.82, 2.24) is 0 Å². The SMILES string of the molecule is CCOC(=O)c1c(-c2ccc(C)cc2)cc2ccccc2c1N. The lowest BCUT2D eigenvalue weighted by Crippen LogP contribution is -2.10. The quantitative estimate of drug-likeness (QED) is 0.569. The highest BCUT2D eigenvalue weighted by Crippen LogP contribution is 2.35. The summed E-state index contributed by atoms with van der Waals surface area (Å²) in [6.07, 6.45) is 0. The Balaban J connectivity index is 2.31. The van der Waals surface area contributed by atoms with Gasteiger partial charge in [0.15, 0.2) is 0 Å². The molecule has 0 amide bonds. The van der Waals surface area contributed by atoms with Crippen LogP contribution >= 0.6 is 0 Å². The van der Waals surface area contributed by atoms with E-state index in [0.29, 0.717) is 17.9 Å². The lowest BCUT2D eigenvalue weighted by Gasteiger charge is -2.15. The molecule has 0 spiro atoms. The van der Waals surface area contributed by atoms with Crippen LogP contribution in [-0.2, 0) is 4.74 Å². The molecule has 0 fully saturated rings. The molecule has 0 aliphatic carbocycles. The average molecular weight is 305 g/mol. The predicted octanol–water partition coefficient (Wildman–Crippen LogP) is 4.57. The number of carbonyl (C=O) groups excluding carboxylic acids is 1. The molecular formula is C20H19NO2. The highest BCUT2D eigenvalue weighted by atomic mass is 16.5. The van der Waals surface area contributed by atoms with Gasteiger partial charge in [-0.15, -0.1) is 0 Å². The molecule has 2 N–H and O–H groups in total. The number of hydrogen-bond acceptors (Lipinski definition) is 3. The lowest BCUT2D eigenvalue weighted by atomic mass is 9.93. The van der Waals surface area contributed by atoms with Crippen LogP contribution in [0.1, 0.15) is 22.8 Å². The molecule has 0 bridgehead atoms. The molecule has 0 saturated heterocycles. The van der Waals surface area contributed by atoms with Gasteiger partial charge in [-0.25, -0.2) is 4.79 Å². The molecule has 3 nitrogen and oxygen atoms in total. The Labute approximate surface area is 135 Å². The summed E-state index contributed by atoms with van der Waals surface area (Å²) in [5.41, 5.74) is 10.2. The van der Waals surface area contributed by atoms with Gasteiger partial charge in [-0.1, -0.05) is 54.1 Å². The van der Waals surface area contributed by atoms with E-state index in [9.17, 15) is 4.79 Å². The zero-order valence-corrected chi connectivity index (χ0v) is 13.3. The van der Waals surface area contributed by atoms with E-state index < -0.39 is 0 Å². The molecule has 23 heavy (non-hydrogen) atoms. The van der Waals surface area contributed by atoms with E-state index >= 15 is 0 Å². The van der Waals surface area contributed by atoms with Crippen molar-refractivity contribution in [2.24, 2.45) is 0 Å². The van der Waals surface area contributed by atoms with E-state index in [1.807, 2.05) is 61.5 Å². The van der Waals surface area contributed by atoms with Crippen LogP contribution in [0.5, 0.6) is 0 Å². The first-order valence-electron chi connectivity index (χ1n) is 7.67. The van der Waals surface area contributed by atoms with Gasteiger partial charge >= 0.3 is 5.97 Å². The second-order valence-electron chi connectivity index (χ2n) is 5.52. The number of ether oxygens (including phenoxy) is 1. The zero-order valence-electron chi connectivity index (χ0n) is 13.3. The molecule has 0 aliphatic rings. The second kappa shape index (κ2) is 6.13. The smallest absolute Gasteiger partial charge is 0.340 e. The Morgan fingerprint density at radius 2 is 1.78 bits per heavy atom. The van der Waals surface area contributed by atoms with Crippen molar-refractivity contribution in [2.75, 3.05) is 12.3 Å². The minimum absolute atomic E-state index is 0.318. The summed E-state index contributed by atoms with van der Waals surface area (Å²) >= 11 is 0. The van der Waals surface area contributed by atoms with Crippen molar-refractivity contribution < 1.29 is 9.53 Å². The van der Waals surface area contributed by atoms with E-state index in [1.54, 1.807) is 6.92 Å². The molecule has 0 aromatic heterocycles. The molecule has 0 heterocycles. The lowest BCUT2D eigenvalue weighted by molar-refractivity contribution is 0.0528. The minimum atomic E-state index is -0.383. The number of nitrogen functional groups attached to an aromatic ring is 1. The Bertz CT molecular complexity index is 867. The summed E-state index contributed by atoms with van der Waals surface area (Å²) in [6, 6.07) is 17.9. The molecule has 0 unspecified atom stereocenters. The number of esters is 1. The number of benzene rings is 3. The van der Waals surface area contributed by atoms with E-state index in [2.05, 4.69) is 0 Å². The van der Waals surface area contributed by atoms with Crippen LogP contribution in [0.25, 0.3) is 21.9 Å². The van der Waals surface area contributed by atoms with E-state index in [1.165, 1.54) is 5.56 Å². The third-order valence-electron chi connectivity index (χ3n) is 3.93. The van der Waals surface area contributed by atoms with Gasteiger partial charge < -0.3 is 10.5 Å². The first-order chi connectivity index (χ1) is 11.1. The molecule has 0 aliphatic heterocycles. The Morgan fingerprint density at radius 3 is 2.48 bits per heavy atom. The first-order valence-corrected chi connectivity index (χ1v) is 7.67. The molecule has 3 aromatic carbocycles. The number of aryl methyl sites for hydroxylation is 1. The maximum absolute atomic E-state index is 12.5. The van der Waals surface area contributed by atoms with Crippen molar-refractivity contribution in [1.29, 1.82) is 0 Å². The van der Waals surface area contributed by atoms with Gasteiger partial charge in [0.2, 0.25) is 0 Å². The summed E-state index contributed by atoms with van der Waals surface area (Å²) < 4.78 is 5.22. The fourth-order valence-electron chi connectivity index (χ4n) is 2.76.